The van der Waals surface area contributed by atoms with Crippen LogP contribution in [0.4, 0.5) is 5.69 Å². The number of hydrogen-bond donors (Lipinski definition) is 0. The van der Waals surface area contributed by atoms with E-state index in [0.29, 0.717) is 17.1 Å². The summed E-state index contributed by atoms with van der Waals surface area (Å²) in [5.74, 6) is 0.847. The van der Waals surface area contributed by atoms with Gasteiger partial charge in [0.15, 0.2) is 5.78 Å². The number of nitrogens with zero attached hydrogens (tertiary/aromatic N) is 1. The zero-order chi connectivity index (χ0) is 22.4. The summed E-state index contributed by atoms with van der Waals surface area (Å²) in [5, 5.41) is 11.0. The van der Waals surface area contributed by atoms with Gasteiger partial charge in [0.2, 0.25) is 0 Å². The molecule has 0 aromatic heterocycles. The third kappa shape index (κ3) is 5.71. The molecule has 7 heteroatoms. The topological polar surface area (TPSA) is 78.7 Å². The second-order valence-corrected chi connectivity index (χ2v) is 7.21. The van der Waals surface area contributed by atoms with E-state index in [4.69, 9.17) is 21.1 Å². The number of methoxy groups -OCH3 is 1. The van der Waals surface area contributed by atoms with Crippen molar-refractivity contribution in [3.8, 4) is 11.5 Å². The number of hydrogen-bond acceptors (Lipinski definition) is 5. The van der Waals surface area contributed by atoms with Crippen molar-refractivity contribution in [3.05, 3.63) is 104 Å². The van der Waals surface area contributed by atoms with E-state index in [1.807, 2.05) is 37.3 Å². The Hall–Kier alpha value is -3.64. The minimum Gasteiger partial charge on any atom is -0.496 e. The van der Waals surface area contributed by atoms with Gasteiger partial charge in [-0.25, -0.2) is 0 Å². The number of rotatable bonds is 8. The van der Waals surface area contributed by atoms with Crippen LogP contribution in [0.25, 0.3) is 6.08 Å². The number of carbonyl (C=O) groups is 1. The molecule has 0 amide bonds. The molecule has 0 spiro atoms. The van der Waals surface area contributed by atoms with Gasteiger partial charge in [-0.15, -0.1) is 0 Å². The number of nitro groups is 1. The number of non-ortho nitro benzene ring substituents is 1. The van der Waals surface area contributed by atoms with E-state index < -0.39 is 4.92 Å². The highest BCUT2D eigenvalue weighted by Crippen LogP contribution is 2.30. The molecular formula is C24H20ClNO5. The van der Waals surface area contributed by atoms with E-state index in [1.165, 1.54) is 24.3 Å². The molecule has 0 radical (unpaired) electrons. The highest BCUT2D eigenvalue weighted by molar-refractivity contribution is 6.32. The minimum absolute atomic E-state index is 0.0880. The van der Waals surface area contributed by atoms with Gasteiger partial charge in [0.05, 0.1) is 17.1 Å². The average molecular weight is 438 g/mol. The molecule has 0 aliphatic rings. The molecule has 3 aromatic carbocycles. The molecular weight excluding hydrogens is 418 g/mol. The van der Waals surface area contributed by atoms with Crippen molar-refractivity contribution in [1.82, 2.24) is 0 Å². The summed E-state index contributed by atoms with van der Waals surface area (Å²) in [5.41, 5.74) is 3.08. The Labute approximate surface area is 184 Å². The molecule has 0 bridgehead atoms. The first-order valence-electron chi connectivity index (χ1n) is 9.40. The quantitative estimate of drug-likeness (QED) is 0.186. The van der Waals surface area contributed by atoms with Crippen LogP contribution in [0.15, 0.2) is 66.7 Å². The molecule has 0 aliphatic heterocycles. The number of nitro benzene ring substituents is 1. The van der Waals surface area contributed by atoms with Crippen LogP contribution in [0, 0.1) is 17.0 Å². The van der Waals surface area contributed by atoms with Crippen LogP contribution in [0.2, 0.25) is 5.02 Å². The van der Waals surface area contributed by atoms with Crippen molar-refractivity contribution in [3.63, 3.8) is 0 Å². The second-order valence-electron chi connectivity index (χ2n) is 6.80. The zero-order valence-corrected chi connectivity index (χ0v) is 17.8. The molecule has 31 heavy (non-hydrogen) atoms. The van der Waals surface area contributed by atoms with Crippen LogP contribution >= 0.6 is 11.6 Å². The Kier molecular flexibility index (Phi) is 7.05. The molecule has 3 aromatic rings. The Bertz CT molecular complexity index is 1160. The van der Waals surface area contributed by atoms with Crippen molar-refractivity contribution < 1.29 is 19.2 Å². The summed E-state index contributed by atoms with van der Waals surface area (Å²) in [6, 6.07) is 16.9. The number of allylic oxidation sites excluding steroid dienone is 1. The minimum atomic E-state index is -0.521. The zero-order valence-electron chi connectivity index (χ0n) is 17.0. The maximum Gasteiger partial charge on any atom is 0.271 e. The highest BCUT2D eigenvalue weighted by atomic mass is 35.5. The number of ketones is 1. The molecule has 0 heterocycles. The third-order valence-electron chi connectivity index (χ3n) is 4.54. The van der Waals surface area contributed by atoms with Crippen LogP contribution < -0.4 is 9.47 Å². The van der Waals surface area contributed by atoms with E-state index >= 15 is 0 Å². The molecule has 0 aliphatic carbocycles. The lowest BCUT2D eigenvalue weighted by molar-refractivity contribution is -0.384. The summed E-state index contributed by atoms with van der Waals surface area (Å²) < 4.78 is 11.1. The van der Waals surface area contributed by atoms with E-state index in [9.17, 15) is 14.9 Å². The van der Waals surface area contributed by atoms with Crippen LogP contribution in [-0.2, 0) is 6.61 Å². The molecule has 0 saturated heterocycles. The van der Waals surface area contributed by atoms with Crippen molar-refractivity contribution in [2.45, 2.75) is 13.5 Å². The van der Waals surface area contributed by atoms with Gasteiger partial charge in [-0.1, -0.05) is 47.5 Å². The van der Waals surface area contributed by atoms with Crippen LogP contribution in [0.1, 0.15) is 27.0 Å². The lowest BCUT2D eigenvalue weighted by atomic mass is 10.1. The van der Waals surface area contributed by atoms with Gasteiger partial charge in [-0.3, -0.25) is 14.9 Å². The second kappa shape index (κ2) is 9.91. The normalized spacial score (nSPS) is 10.8. The number of carbonyl (C=O) groups excluding carboxylic acids is 1. The summed E-state index contributed by atoms with van der Waals surface area (Å²) in [6.45, 7) is 2.07. The van der Waals surface area contributed by atoms with Crippen LogP contribution in [0.3, 0.4) is 0 Å². The molecule has 3 rings (SSSR count). The molecule has 0 fully saturated rings. The predicted octanol–water partition coefficient (Wildman–Crippen LogP) is 6.04. The highest BCUT2D eigenvalue weighted by Gasteiger charge is 2.12. The van der Waals surface area contributed by atoms with Crippen LogP contribution in [-0.4, -0.2) is 17.8 Å². The Morgan fingerprint density at radius 2 is 1.87 bits per heavy atom. The fraction of sp³-hybridized carbons (Fsp3) is 0.125. The van der Waals surface area contributed by atoms with Gasteiger partial charge >= 0.3 is 0 Å². The van der Waals surface area contributed by atoms with Crippen molar-refractivity contribution in [2.75, 3.05) is 7.11 Å². The molecule has 0 saturated carbocycles. The van der Waals surface area contributed by atoms with E-state index in [-0.39, 0.29) is 23.1 Å². The van der Waals surface area contributed by atoms with Gasteiger partial charge in [0.1, 0.15) is 18.1 Å². The lowest BCUT2D eigenvalue weighted by Gasteiger charge is -2.12. The maximum absolute atomic E-state index is 12.4. The first-order valence-corrected chi connectivity index (χ1v) is 9.78. The number of halogens is 1. The Morgan fingerprint density at radius 3 is 2.55 bits per heavy atom. The van der Waals surface area contributed by atoms with Gasteiger partial charge < -0.3 is 9.47 Å². The average Bonchev–Trinajstić information content (AvgIpc) is 2.76. The number of ether oxygens (including phenoxy) is 2. The maximum atomic E-state index is 12.4. The molecule has 0 atom stereocenters. The fourth-order valence-corrected chi connectivity index (χ4v) is 3.19. The fourth-order valence-electron chi connectivity index (χ4n) is 2.96. The van der Waals surface area contributed by atoms with E-state index in [2.05, 4.69) is 0 Å². The number of aryl methyl sites for hydroxylation is 1. The SMILES string of the molecule is COc1ccc(/C=C/C(=O)c2cccc(C)c2)cc1COc1ccc([N+](=O)[O-])cc1Cl. The predicted molar refractivity (Wildman–Crippen MR) is 120 cm³/mol. The number of benzene rings is 3. The Morgan fingerprint density at radius 1 is 1.10 bits per heavy atom. The molecule has 6 nitrogen and oxygen atoms in total. The first-order chi connectivity index (χ1) is 14.9. The van der Waals surface area contributed by atoms with Gasteiger partial charge in [0, 0.05) is 23.3 Å². The summed E-state index contributed by atoms with van der Waals surface area (Å²) in [4.78, 5) is 22.7. The van der Waals surface area contributed by atoms with E-state index in [0.717, 1.165) is 16.7 Å². The monoisotopic (exact) mass is 437 g/mol. The summed E-state index contributed by atoms with van der Waals surface area (Å²) in [7, 11) is 1.55. The summed E-state index contributed by atoms with van der Waals surface area (Å²) >= 11 is 6.09. The van der Waals surface area contributed by atoms with Crippen LogP contribution in [0.5, 0.6) is 11.5 Å². The summed E-state index contributed by atoms with van der Waals surface area (Å²) in [6.07, 6.45) is 3.25. The standard InChI is InChI=1S/C24H20ClNO5/c1-16-4-3-5-18(12-16)22(27)9-6-17-7-10-23(30-2)19(13-17)15-31-24-11-8-20(26(28)29)14-21(24)25/h3-14H,15H2,1-2H3/b9-6+. The lowest BCUT2D eigenvalue weighted by Crippen LogP contribution is -2.00. The molecule has 158 valence electrons. The van der Waals surface area contributed by atoms with Gasteiger partial charge in [-0.2, -0.15) is 0 Å². The Balaban J connectivity index is 1.76. The third-order valence-corrected chi connectivity index (χ3v) is 4.84. The molecule has 0 unspecified atom stereocenters. The molecule has 0 N–H and O–H groups in total. The van der Waals surface area contributed by atoms with Crippen molar-refractivity contribution >= 4 is 29.1 Å². The largest absolute Gasteiger partial charge is 0.496 e. The first kappa shape index (κ1) is 22.1. The van der Waals surface area contributed by atoms with Gasteiger partial charge in [0.25, 0.3) is 5.69 Å². The van der Waals surface area contributed by atoms with E-state index in [1.54, 1.807) is 25.3 Å². The van der Waals surface area contributed by atoms with Crippen molar-refractivity contribution in [1.29, 1.82) is 0 Å². The van der Waals surface area contributed by atoms with Gasteiger partial charge in [-0.05, 0) is 42.8 Å². The van der Waals surface area contributed by atoms with Crippen molar-refractivity contribution in [2.24, 2.45) is 0 Å². The smallest absolute Gasteiger partial charge is 0.271 e.